The van der Waals surface area contributed by atoms with Crippen LogP contribution in [0.2, 0.25) is 0 Å². The highest BCUT2D eigenvalue weighted by molar-refractivity contribution is 7.98. The molecule has 0 radical (unpaired) electrons. The van der Waals surface area contributed by atoms with Gasteiger partial charge in [0.2, 0.25) is 0 Å². The molecule has 0 bridgehead atoms. The fourth-order valence-electron chi connectivity index (χ4n) is 1.38. The van der Waals surface area contributed by atoms with Gasteiger partial charge in [0.1, 0.15) is 5.75 Å². The molecule has 100 valence electrons. The van der Waals surface area contributed by atoms with Gasteiger partial charge in [-0.15, -0.1) is 0 Å². The van der Waals surface area contributed by atoms with Gasteiger partial charge in [-0.1, -0.05) is 0 Å². The highest BCUT2D eigenvalue weighted by Crippen LogP contribution is 2.26. The van der Waals surface area contributed by atoms with Crippen molar-refractivity contribution in [3.8, 4) is 5.75 Å². The summed E-state index contributed by atoms with van der Waals surface area (Å²) in [6.45, 7) is 3.90. The molecule has 1 aromatic rings. The number of benzene rings is 1. The summed E-state index contributed by atoms with van der Waals surface area (Å²) in [5.41, 5.74) is 6.56. The monoisotopic (exact) mass is 270 g/mol. The number of thioether (sulfide) groups is 1. The van der Waals surface area contributed by atoms with E-state index in [0.717, 1.165) is 11.3 Å². The molecule has 1 rings (SSSR count). The molecule has 18 heavy (non-hydrogen) atoms. The smallest absolute Gasteiger partial charge is 0.273 e. The van der Waals surface area contributed by atoms with Crippen molar-refractivity contribution in [2.75, 3.05) is 12.9 Å². The second-order valence-corrected chi connectivity index (χ2v) is 5.76. The van der Waals surface area contributed by atoms with E-state index >= 15 is 0 Å². The maximum atomic E-state index is 10.8. The molecule has 0 amide bonds. The minimum Gasteiger partial charge on any atom is -0.496 e. The third-order valence-electron chi connectivity index (χ3n) is 2.14. The van der Waals surface area contributed by atoms with E-state index in [4.69, 9.17) is 10.5 Å². The van der Waals surface area contributed by atoms with Gasteiger partial charge in [0.15, 0.2) is 0 Å². The zero-order valence-electron chi connectivity index (χ0n) is 10.8. The first-order valence-corrected chi connectivity index (χ1v) is 6.66. The van der Waals surface area contributed by atoms with Gasteiger partial charge in [-0.05, 0) is 25.5 Å². The molecule has 1 aromatic carbocycles. The molecule has 6 heteroatoms. The Morgan fingerprint density at radius 3 is 2.61 bits per heavy atom. The second kappa shape index (κ2) is 6.06. The molecule has 5 nitrogen and oxygen atoms in total. The molecule has 0 aliphatic carbocycles. The Hall–Kier alpha value is -1.27. The van der Waals surface area contributed by atoms with E-state index < -0.39 is 4.92 Å². The molecule has 0 aromatic heterocycles. The predicted molar refractivity (Wildman–Crippen MR) is 74.1 cm³/mol. The zero-order chi connectivity index (χ0) is 13.8. The normalized spacial score (nSPS) is 11.3. The topological polar surface area (TPSA) is 78.4 Å². The van der Waals surface area contributed by atoms with Crippen LogP contribution in [0.25, 0.3) is 0 Å². The second-order valence-electron chi connectivity index (χ2n) is 4.78. The number of hydrogen-bond acceptors (Lipinski definition) is 5. The lowest BCUT2D eigenvalue weighted by atomic mass is 10.1. The van der Waals surface area contributed by atoms with Crippen LogP contribution in [0.15, 0.2) is 18.2 Å². The van der Waals surface area contributed by atoms with Crippen molar-refractivity contribution in [3.63, 3.8) is 0 Å². The number of nitro groups is 1. The van der Waals surface area contributed by atoms with Gasteiger partial charge in [0.05, 0.1) is 18.1 Å². The van der Waals surface area contributed by atoms with Crippen molar-refractivity contribution in [1.82, 2.24) is 0 Å². The predicted octanol–water partition coefficient (Wildman–Crippen LogP) is 2.57. The van der Waals surface area contributed by atoms with Crippen LogP contribution in [0.4, 0.5) is 5.69 Å². The van der Waals surface area contributed by atoms with Gasteiger partial charge in [-0.25, -0.2) is 0 Å². The Morgan fingerprint density at radius 1 is 1.44 bits per heavy atom. The number of nitrogens with zero attached hydrogens (tertiary/aromatic N) is 1. The third kappa shape index (κ3) is 4.93. The minimum absolute atomic E-state index is 0.0527. The summed E-state index contributed by atoms with van der Waals surface area (Å²) in [5.74, 6) is 1.98. The van der Waals surface area contributed by atoms with Gasteiger partial charge < -0.3 is 10.5 Å². The maximum Gasteiger partial charge on any atom is 0.273 e. The number of hydrogen-bond donors (Lipinski definition) is 1. The average molecular weight is 270 g/mol. The summed E-state index contributed by atoms with van der Waals surface area (Å²) in [5, 5.41) is 10.8. The highest BCUT2D eigenvalue weighted by atomic mass is 32.2. The SMILES string of the molecule is COc1cc(CSCC(C)(C)N)cc([N+](=O)[O-])c1. The molecule has 0 atom stereocenters. The molecule has 0 heterocycles. The Labute approximate surface area is 111 Å². The molecule has 0 spiro atoms. The largest absolute Gasteiger partial charge is 0.496 e. The number of methoxy groups -OCH3 is 1. The standard InChI is InChI=1S/C12H18N2O3S/c1-12(2,13)8-18-7-9-4-10(14(15)16)6-11(5-9)17-3/h4-6H,7-8,13H2,1-3H3. The lowest BCUT2D eigenvalue weighted by molar-refractivity contribution is -0.385. The highest BCUT2D eigenvalue weighted by Gasteiger charge is 2.13. The first kappa shape index (κ1) is 14.8. The van der Waals surface area contributed by atoms with Gasteiger partial charge >= 0.3 is 0 Å². The average Bonchev–Trinajstić information content (AvgIpc) is 2.26. The van der Waals surface area contributed by atoms with Crippen LogP contribution < -0.4 is 10.5 Å². The third-order valence-corrected chi connectivity index (χ3v) is 3.63. The van der Waals surface area contributed by atoms with E-state index in [1.54, 1.807) is 17.8 Å². The molecule has 0 aliphatic rings. The summed E-state index contributed by atoms with van der Waals surface area (Å²) >= 11 is 1.65. The Balaban J connectivity index is 2.76. The zero-order valence-corrected chi connectivity index (χ0v) is 11.6. The van der Waals surface area contributed by atoms with Crippen molar-refractivity contribution in [2.24, 2.45) is 5.73 Å². The fraction of sp³-hybridized carbons (Fsp3) is 0.500. The quantitative estimate of drug-likeness (QED) is 0.635. The van der Waals surface area contributed by atoms with Crippen LogP contribution in [0.5, 0.6) is 5.75 Å². The molecular formula is C12H18N2O3S. The molecule has 0 saturated heterocycles. The van der Waals surface area contributed by atoms with E-state index in [0.29, 0.717) is 11.5 Å². The number of nitro benzene ring substituents is 1. The fourth-order valence-corrected chi connectivity index (χ4v) is 2.41. The van der Waals surface area contributed by atoms with Crippen LogP contribution in [0.1, 0.15) is 19.4 Å². The van der Waals surface area contributed by atoms with Crippen LogP contribution in [-0.4, -0.2) is 23.3 Å². The minimum atomic E-state index is -0.413. The molecule has 0 unspecified atom stereocenters. The van der Waals surface area contributed by atoms with Crippen molar-refractivity contribution in [3.05, 3.63) is 33.9 Å². The van der Waals surface area contributed by atoms with E-state index in [-0.39, 0.29) is 11.2 Å². The van der Waals surface area contributed by atoms with Gasteiger partial charge in [0, 0.05) is 23.1 Å². The van der Waals surface area contributed by atoms with Crippen LogP contribution in [-0.2, 0) is 5.75 Å². The molecular weight excluding hydrogens is 252 g/mol. The van der Waals surface area contributed by atoms with Crippen LogP contribution >= 0.6 is 11.8 Å². The summed E-state index contributed by atoms with van der Waals surface area (Å²) in [7, 11) is 1.50. The number of rotatable bonds is 6. The lowest BCUT2D eigenvalue weighted by Gasteiger charge is -2.17. The molecule has 2 N–H and O–H groups in total. The van der Waals surface area contributed by atoms with Crippen molar-refractivity contribution < 1.29 is 9.66 Å². The number of non-ortho nitro benzene ring substituents is 1. The number of ether oxygens (including phenoxy) is 1. The molecule has 0 saturated carbocycles. The van der Waals surface area contributed by atoms with Gasteiger partial charge in [0.25, 0.3) is 5.69 Å². The van der Waals surface area contributed by atoms with Crippen molar-refractivity contribution in [2.45, 2.75) is 25.1 Å². The Kier molecular flexibility index (Phi) is 4.98. The van der Waals surface area contributed by atoms with Crippen molar-refractivity contribution >= 4 is 17.4 Å². The van der Waals surface area contributed by atoms with Gasteiger partial charge in [-0.2, -0.15) is 11.8 Å². The molecule has 0 aliphatic heterocycles. The number of nitrogens with two attached hydrogens (primary N) is 1. The van der Waals surface area contributed by atoms with E-state index in [1.807, 2.05) is 19.9 Å². The Morgan fingerprint density at radius 2 is 2.11 bits per heavy atom. The van der Waals surface area contributed by atoms with E-state index in [9.17, 15) is 10.1 Å². The summed E-state index contributed by atoms with van der Waals surface area (Å²) in [6.07, 6.45) is 0. The van der Waals surface area contributed by atoms with E-state index in [2.05, 4.69) is 0 Å². The van der Waals surface area contributed by atoms with E-state index in [1.165, 1.54) is 13.2 Å². The van der Waals surface area contributed by atoms with Gasteiger partial charge in [-0.3, -0.25) is 10.1 Å². The summed E-state index contributed by atoms with van der Waals surface area (Å²) in [6, 6.07) is 4.80. The first-order valence-electron chi connectivity index (χ1n) is 5.51. The maximum absolute atomic E-state index is 10.8. The Bertz CT molecular complexity index is 430. The first-order chi connectivity index (χ1) is 8.31. The van der Waals surface area contributed by atoms with Crippen LogP contribution in [0.3, 0.4) is 0 Å². The van der Waals surface area contributed by atoms with Crippen LogP contribution in [0, 0.1) is 10.1 Å². The lowest BCUT2D eigenvalue weighted by Crippen LogP contribution is -2.34. The summed E-state index contributed by atoms with van der Waals surface area (Å²) in [4.78, 5) is 10.4. The summed E-state index contributed by atoms with van der Waals surface area (Å²) < 4.78 is 5.05. The molecule has 0 fully saturated rings. The van der Waals surface area contributed by atoms with Crippen molar-refractivity contribution in [1.29, 1.82) is 0 Å².